The summed E-state index contributed by atoms with van der Waals surface area (Å²) in [6.45, 7) is 3.78. The number of hydrogen-bond donors (Lipinski definition) is 2. The van der Waals surface area contributed by atoms with Crippen molar-refractivity contribution in [3.8, 4) is 0 Å². The summed E-state index contributed by atoms with van der Waals surface area (Å²) >= 11 is 0. The van der Waals surface area contributed by atoms with Gasteiger partial charge in [0.1, 0.15) is 0 Å². The van der Waals surface area contributed by atoms with E-state index in [9.17, 15) is 9.59 Å². The Morgan fingerprint density at radius 1 is 1.42 bits per heavy atom. The predicted octanol–water partition coefficient (Wildman–Crippen LogP) is -0.0275. The summed E-state index contributed by atoms with van der Waals surface area (Å²) in [6.07, 6.45) is 2.05. The number of nitrogens with zero attached hydrogens (tertiary/aromatic N) is 1. The molecule has 19 heavy (non-hydrogen) atoms. The van der Waals surface area contributed by atoms with E-state index in [2.05, 4.69) is 5.32 Å². The highest BCUT2D eigenvalue weighted by molar-refractivity contribution is 5.84. The van der Waals surface area contributed by atoms with Crippen LogP contribution in [0.25, 0.3) is 0 Å². The Bertz CT molecular complexity index is 268. The van der Waals surface area contributed by atoms with Gasteiger partial charge in [-0.25, -0.2) is 0 Å². The van der Waals surface area contributed by atoms with Crippen molar-refractivity contribution in [1.82, 2.24) is 10.2 Å². The van der Waals surface area contributed by atoms with Crippen LogP contribution in [0.2, 0.25) is 0 Å². The zero-order valence-electron chi connectivity index (χ0n) is 12.3. The van der Waals surface area contributed by atoms with E-state index in [1.165, 1.54) is 4.90 Å². The van der Waals surface area contributed by atoms with E-state index in [1.54, 1.807) is 14.2 Å². The Balaban J connectivity index is 3.90. The van der Waals surface area contributed by atoms with Gasteiger partial charge in [0.25, 0.3) is 0 Å². The lowest BCUT2D eigenvalue weighted by molar-refractivity contribution is -0.135. The fourth-order valence-electron chi connectivity index (χ4n) is 1.60. The quantitative estimate of drug-likeness (QED) is 0.548. The first kappa shape index (κ1) is 17.9. The third-order valence-electron chi connectivity index (χ3n) is 3.03. The van der Waals surface area contributed by atoms with Crippen LogP contribution in [0.4, 0.5) is 0 Å². The molecule has 0 aliphatic heterocycles. The van der Waals surface area contributed by atoms with Gasteiger partial charge in [0.05, 0.1) is 6.54 Å². The molecule has 0 fully saturated rings. The van der Waals surface area contributed by atoms with E-state index in [0.29, 0.717) is 26.1 Å². The van der Waals surface area contributed by atoms with Gasteiger partial charge in [0, 0.05) is 33.7 Å². The lowest BCUT2D eigenvalue weighted by Crippen LogP contribution is -2.39. The Kier molecular flexibility index (Phi) is 10.1. The van der Waals surface area contributed by atoms with Gasteiger partial charge in [-0.05, 0) is 18.9 Å². The summed E-state index contributed by atoms with van der Waals surface area (Å²) in [7, 11) is 3.26. The number of likely N-dealkylation sites (N-methyl/N-ethyl adjacent to an activating group) is 1. The third-order valence-corrected chi connectivity index (χ3v) is 3.03. The Hall–Kier alpha value is -1.14. The molecule has 112 valence electrons. The lowest BCUT2D eigenvalue weighted by Gasteiger charge is -2.19. The second-order valence-corrected chi connectivity index (χ2v) is 4.66. The van der Waals surface area contributed by atoms with Crippen LogP contribution in [0.5, 0.6) is 0 Å². The highest BCUT2D eigenvalue weighted by atomic mass is 16.5. The van der Waals surface area contributed by atoms with E-state index in [4.69, 9.17) is 10.5 Å². The second kappa shape index (κ2) is 10.8. The number of methoxy groups -OCH3 is 1. The average molecular weight is 273 g/mol. The average Bonchev–Trinajstić information content (AvgIpc) is 2.40. The standard InChI is InChI=1S/C13H27N3O3/c1-4-11(9-14)8-13(18)16(2)10-12(17)15-6-5-7-19-3/h11H,4-10,14H2,1-3H3,(H,15,17). The molecule has 6 nitrogen and oxygen atoms in total. The minimum atomic E-state index is -0.146. The Morgan fingerprint density at radius 2 is 2.11 bits per heavy atom. The summed E-state index contributed by atoms with van der Waals surface area (Å²) in [5.74, 6) is 0.0109. The normalized spacial score (nSPS) is 12.0. The Morgan fingerprint density at radius 3 is 2.63 bits per heavy atom. The molecule has 2 amide bonds. The van der Waals surface area contributed by atoms with Gasteiger partial charge in [-0.15, -0.1) is 0 Å². The maximum Gasteiger partial charge on any atom is 0.239 e. The largest absolute Gasteiger partial charge is 0.385 e. The van der Waals surface area contributed by atoms with Gasteiger partial charge in [0.2, 0.25) is 11.8 Å². The molecule has 0 aliphatic carbocycles. The fourth-order valence-corrected chi connectivity index (χ4v) is 1.60. The first-order chi connectivity index (χ1) is 9.04. The van der Waals surface area contributed by atoms with Crippen molar-refractivity contribution in [2.24, 2.45) is 11.7 Å². The van der Waals surface area contributed by atoms with Crippen LogP contribution in [0.15, 0.2) is 0 Å². The van der Waals surface area contributed by atoms with Crippen molar-refractivity contribution in [2.75, 3.05) is 40.4 Å². The molecule has 0 heterocycles. The maximum absolute atomic E-state index is 11.9. The number of amides is 2. The number of nitrogens with two attached hydrogens (primary N) is 1. The molecule has 6 heteroatoms. The molecule has 3 N–H and O–H groups in total. The number of carbonyl (C=O) groups excluding carboxylic acids is 2. The molecule has 1 atom stereocenters. The molecular formula is C13H27N3O3. The van der Waals surface area contributed by atoms with Crippen LogP contribution in [0.3, 0.4) is 0 Å². The zero-order chi connectivity index (χ0) is 14.7. The highest BCUT2D eigenvalue weighted by Gasteiger charge is 2.16. The van der Waals surface area contributed by atoms with Crippen LogP contribution in [-0.4, -0.2) is 57.1 Å². The van der Waals surface area contributed by atoms with Crippen molar-refractivity contribution in [2.45, 2.75) is 26.2 Å². The van der Waals surface area contributed by atoms with Gasteiger partial charge in [0.15, 0.2) is 0 Å². The van der Waals surface area contributed by atoms with Crippen LogP contribution >= 0.6 is 0 Å². The maximum atomic E-state index is 11.9. The zero-order valence-corrected chi connectivity index (χ0v) is 12.3. The molecule has 0 rings (SSSR count). The summed E-state index contributed by atoms with van der Waals surface area (Å²) in [6, 6.07) is 0. The topological polar surface area (TPSA) is 84.7 Å². The SMILES string of the molecule is CCC(CN)CC(=O)N(C)CC(=O)NCCCOC. The molecule has 0 saturated carbocycles. The van der Waals surface area contributed by atoms with Gasteiger partial charge in [-0.1, -0.05) is 13.3 Å². The van der Waals surface area contributed by atoms with Crippen LogP contribution in [0, 0.1) is 5.92 Å². The number of rotatable bonds is 10. The molecule has 0 spiro atoms. The minimum absolute atomic E-state index is 0.0376. The summed E-state index contributed by atoms with van der Waals surface area (Å²) in [4.78, 5) is 24.9. The van der Waals surface area contributed by atoms with Crippen molar-refractivity contribution < 1.29 is 14.3 Å². The van der Waals surface area contributed by atoms with Crippen molar-refractivity contribution in [3.63, 3.8) is 0 Å². The number of nitrogens with one attached hydrogen (secondary N) is 1. The monoisotopic (exact) mass is 273 g/mol. The van der Waals surface area contributed by atoms with Crippen molar-refractivity contribution in [3.05, 3.63) is 0 Å². The van der Waals surface area contributed by atoms with E-state index >= 15 is 0 Å². The highest BCUT2D eigenvalue weighted by Crippen LogP contribution is 2.07. The van der Waals surface area contributed by atoms with Gasteiger partial charge < -0.3 is 20.7 Å². The molecule has 0 bridgehead atoms. The summed E-state index contributed by atoms with van der Waals surface area (Å²) in [5, 5.41) is 2.75. The van der Waals surface area contributed by atoms with Gasteiger partial charge in [-0.3, -0.25) is 9.59 Å². The summed E-state index contributed by atoms with van der Waals surface area (Å²) in [5.41, 5.74) is 5.57. The first-order valence-electron chi connectivity index (χ1n) is 6.74. The second-order valence-electron chi connectivity index (χ2n) is 4.66. The predicted molar refractivity (Wildman–Crippen MR) is 74.6 cm³/mol. The van der Waals surface area contributed by atoms with E-state index < -0.39 is 0 Å². The van der Waals surface area contributed by atoms with Gasteiger partial charge in [-0.2, -0.15) is 0 Å². The van der Waals surface area contributed by atoms with Crippen LogP contribution in [0.1, 0.15) is 26.2 Å². The molecule has 0 aliphatic rings. The molecule has 0 radical (unpaired) electrons. The lowest BCUT2D eigenvalue weighted by atomic mass is 10.0. The molecular weight excluding hydrogens is 246 g/mol. The molecule has 0 aromatic rings. The van der Waals surface area contributed by atoms with Gasteiger partial charge >= 0.3 is 0 Å². The van der Waals surface area contributed by atoms with E-state index in [0.717, 1.165) is 12.8 Å². The molecule has 0 saturated heterocycles. The minimum Gasteiger partial charge on any atom is -0.385 e. The van der Waals surface area contributed by atoms with Crippen molar-refractivity contribution >= 4 is 11.8 Å². The van der Waals surface area contributed by atoms with E-state index in [1.807, 2.05) is 6.92 Å². The summed E-state index contributed by atoms with van der Waals surface area (Å²) < 4.78 is 4.88. The number of ether oxygens (including phenoxy) is 1. The van der Waals surface area contributed by atoms with Crippen LogP contribution < -0.4 is 11.1 Å². The fraction of sp³-hybridized carbons (Fsp3) is 0.846. The van der Waals surface area contributed by atoms with E-state index in [-0.39, 0.29) is 24.3 Å². The number of hydrogen-bond acceptors (Lipinski definition) is 4. The molecule has 1 unspecified atom stereocenters. The Labute approximate surface area is 115 Å². The first-order valence-corrected chi connectivity index (χ1v) is 6.74. The molecule has 0 aromatic carbocycles. The third kappa shape index (κ3) is 8.56. The number of carbonyl (C=O) groups is 2. The smallest absolute Gasteiger partial charge is 0.239 e. The van der Waals surface area contributed by atoms with Crippen molar-refractivity contribution in [1.29, 1.82) is 0 Å². The van der Waals surface area contributed by atoms with Crippen LogP contribution in [-0.2, 0) is 14.3 Å². The molecule has 0 aromatic heterocycles.